The Labute approximate surface area is 107 Å². The van der Waals surface area contributed by atoms with Crippen LogP contribution in [0.4, 0.5) is 5.82 Å². The zero-order valence-electron chi connectivity index (χ0n) is 10.8. The molecule has 0 aromatic carbocycles. The van der Waals surface area contributed by atoms with E-state index in [-0.39, 0.29) is 5.91 Å². The minimum absolute atomic E-state index is 0.0607. The van der Waals surface area contributed by atoms with Crippen molar-refractivity contribution in [1.82, 2.24) is 15.1 Å². The first kappa shape index (κ1) is 12.8. The van der Waals surface area contributed by atoms with Crippen molar-refractivity contribution in [3.05, 3.63) is 17.8 Å². The van der Waals surface area contributed by atoms with E-state index in [1.807, 2.05) is 11.9 Å². The summed E-state index contributed by atoms with van der Waals surface area (Å²) >= 11 is 0. The van der Waals surface area contributed by atoms with Crippen LogP contribution in [0.3, 0.4) is 0 Å². The number of hydrogen-bond acceptors (Lipinski definition) is 4. The van der Waals surface area contributed by atoms with Gasteiger partial charge in [0.25, 0.3) is 5.91 Å². The third-order valence-electron chi connectivity index (χ3n) is 3.60. The SMILES string of the molecule is CN(C(=O)c1ccc(N)nn1)C1CCCCCC1. The number of nitrogens with zero attached hydrogens (tertiary/aromatic N) is 3. The van der Waals surface area contributed by atoms with E-state index in [2.05, 4.69) is 10.2 Å². The molecule has 1 heterocycles. The van der Waals surface area contributed by atoms with E-state index < -0.39 is 0 Å². The first-order valence-corrected chi connectivity index (χ1v) is 6.55. The van der Waals surface area contributed by atoms with Crippen molar-refractivity contribution in [2.75, 3.05) is 12.8 Å². The molecule has 2 rings (SSSR count). The Morgan fingerprint density at radius 2 is 1.89 bits per heavy atom. The fourth-order valence-electron chi connectivity index (χ4n) is 2.45. The first-order chi connectivity index (χ1) is 8.68. The lowest BCUT2D eigenvalue weighted by Gasteiger charge is -2.26. The van der Waals surface area contributed by atoms with Gasteiger partial charge in [0.15, 0.2) is 5.69 Å². The summed E-state index contributed by atoms with van der Waals surface area (Å²) in [5, 5.41) is 7.58. The molecule has 5 nitrogen and oxygen atoms in total. The van der Waals surface area contributed by atoms with Crippen LogP contribution in [0.5, 0.6) is 0 Å². The molecule has 18 heavy (non-hydrogen) atoms. The predicted molar refractivity (Wildman–Crippen MR) is 70.0 cm³/mol. The van der Waals surface area contributed by atoms with Crippen molar-refractivity contribution in [2.24, 2.45) is 0 Å². The summed E-state index contributed by atoms with van der Waals surface area (Å²) in [7, 11) is 1.86. The Balaban J connectivity index is 2.05. The predicted octanol–water partition coefficient (Wildman–Crippen LogP) is 1.85. The summed E-state index contributed by atoms with van der Waals surface area (Å²) in [6, 6.07) is 3.58. The topological polar surface area (TPSA) is 72.1 Å². The standard InChI is InChI=1S/C13H20N4O/c1-17(10-6-4-2-3-5-7-10)13(18)11-8-9-12(14)16-15-11/h8-10H,2-7H2,1H3,(H2,14,16). The lowest BCUT2D eigenvalue weighted by atomic mass is 10.1. The normalized spacial score (nSPS) is 17.2. The van der Waals surface area contributed by atoms with Gasteiger partial charge in [0.2, 0.25) is 0 Å². The summed E-state index contributed by atoms with van der Waals surface area (Å²) in [6.07, 6.45) is 7.14. The molecule has 2 N–H and O–H groups in total. The second-order valence-corrected chi connectivity index (χ2v) is 4.90. The van der Waals surface area contributed by atoms with Crippen LogP contribution in [0, 0.1) is 0 Å². The average Bonchev–Trinajstić information content (AvgIpc) is 2.67. The zero-order chi connectivity index (χ0) is 13.0. The maximum Gasteiger partial charge on any atom is 0.274 e. The van der Waals surface area contributed by atoms with Gasteiger partial charge in [-0.2, -0.15) is 0 Å². The van der Waals surface area contributed by atoms with Gasteiger partial charge >= 0.3 is 0 Å². The number of rotatable bonds is 2. The number of amides is 1. The van der Waals surface area contributed by atoms with Crippen molar-refractivity contribution in [3.8, 4) is 0 Å². The molecule has 98 valence electrons. The number of nitrogen functional groups attached to an aromatic ring is 1. The highest BCUT2D eigenvalue weighted by atomic mass is 16.2. The first-order valence-electron chi connectivity index (χ1n) is 6.55. The second kappa shape index (κ2) is 5.80. The zero-order valence-corrected chi connectivity index (χ0v) is 10.8. The van der Waals surface area contributed by atoms with Crippen molar-refractivity contribution in [2.45, 2.75) is 44.6 Å². The van der Waals surface area contributed by atoms with Crippen LogP contribution in [0.1, 0.15) is 49.0 Å². The molecule has 1 aliphatic carbocycles. The van der Waals surface area contributed by atoms with Gasteiger partial charge in [0.1, 0.15) is 5.82 Å². The monoisotopic (exact) mass is 248 g/mol. The minimum atomic E-state index is -0.0607. The van der Waals surface area contributed by atoms with Crippen LogP contribution < -0.4 is 5.73 Å². The minimum Gasteiger partial charge on any atom is -0.382 e. The second-order valence-electron chi connectivity index (χ2n) is 4.90. The maximum atomic E-state index is 12.3. The molecule has 1 aromatic rings. The lowest BCUT2D eigenvalue weighted by molar-refractivity contribution is 0.0710. The molecular formula is C13H20N4O. The molecule has 1 saturated carbocycles. The van der Waals surface area contributed by atoms with Crippen molar-refractivity contribution in [3.63, 3.8) is 0 Å². The Bertz CT molecular complexity index is 396. The third kappa shape index (κ3) is 2.97. The number of carbonyl (C=O) groups excluding carboxylic acids is 1. The van der Waals surface area contributed by atoms with Gasteiger partial charge in [0.05, 0.1) is 0 Å². The quantitative estimate of drug-likeness (QED) is 0.811. The molecule has 5 heteroatoms. The van der Waals surface area contributed by atoms with E-state index in [0.29, 0.717) is 17.6 Å². The molecule has 1 aliphatic rings. The maximum absolute atomic E-state index is 12.3. The van der Waals surface area contributed by atoms with Gasteiger partial charge in [-0.25, -0.2) is 0 Å². The summed E-state index contributed by atoms with van der Waals surface area (Å²) < 4.78 is 0. The molecule has 0 atom stereocenters. The number of aromatic nitrogens is 2. The van der Waals surface area contributed by atoms with E-state index in [1.165, 1.54) is 25.7 Å². The number of anilines is 1. The van der Waals surface area contributed by atoms with E-state index >= 15 is 0 Å². The molecule has 0 radical (unpaired) electrons. The molecule has 0 unspecified atom stereocenters. The van der Waals surface area contributed by atoms with Crippen LogP contribution in [0.15, 0.2) is 12.1 Å². The smallest absolute Gasteiger partial charge is 0.274 e. The number of nitrogens with two attached hydrogens (primary N) is 1. The Morgan fingerprint density at radius 3 is 2.44 bits per heavy atom. The Kier molecular flexibility index (Phi) is 4.12. The van der Waals surface area contributed by atoms with Gasteiger partial charge in [-0.3, -0.25) is 4.79 Å². The van der Waals surface area contributed by atoms with Crippen LogP contribution in [-0.4, -0.2) is 34.1 Å². The average molecular weight is 248 g/mol. The Morgan fingerprint density at radius 1 is 1.22 bits per heavy atom. The van der Waals surface area contributed by atoms with Crippen LogP contribution in [0.25, 0.3) is 0 Å². The highest BCUT2D eigenvalue weighted by molar-refractivity contribution is 5.92. The summed E-state index contributed by atoms with van der Waals surface area (Å²) in [5.74, 6) is 0.276. The lowest BCUT2D eigenvalue weighted by Crippen LogP contribution is -2.37. The van der Waals surface area contributed by atoms with E-state index in [9.17, 15) is 4.79 Å². The molecule has 0 aliphatic heterocycles. The number of hydrogen-bond donors (Lipinski definition) is 1. The highest BCUT2D eigenvalue weighted by Gasteiger charge is 2.23. The van der Waals surface area contributed by atoms with E-state index in [1.54, 1.807) is 12.1 Å². The van der Waals surface area contributed by atoms with Gasteiger partial charge in [0, 0.05) is 13.1 Å². The summed E-state index contributed by atoms with van der Waals surface area (Å²) in [6.45, 7) is 0. The number of carbonyl (C=O) groups is 1. The molecule has 1 amide bonds. The molecule has 0 bridgehead atoms. The largest absolute Gasteiger partial charge is 0.382 e. The van der Waals surface area contributed by atoms with Crippen LogP contribution in [0.2, 0.25) is 0 Å². The molecular weight excluding hydrogens is 228 g/mol. The van der Waals surface area contributed by atoms with Crippen LogP contribution in [-0.2, 0) is 0 Å². The molecule has 0 spiro atoms. The fourth-order valence-corrected chi connectivity index (χ4v) is 2.45. The molecule has 1 fully saturated rings. The van der Waals surface area contributed by atoms with Gasteiger partial charge in [-0.15, -0.1) is 10.2 Å². The van der Waals surface area contributed by atoms with E-state index in [0.717, 1.165) is 12.8 Å². The van der Waals surface area contributed by atoms with Gasteiger partial charge in [-0.1, -0.05) is 25.7 Å². The van der Waals surface area contributed by atoms with Gasteiger partial charge in [-0.05, 0) is 25.0 Å². The van der Waals surface area contributed by atoms with Crippen molar-refractivity contribution < 1.29 is 4.79 Å². The molecule has 1 aromatic heterocycles. The fraction of sp³-hybridized carbons (Fsp3) is 0.615. The highest BCUT2D eigenvalue weighted by Crippen LogP contribution is 2.21. The van der Waals surface area contributed by atoms with Gasteiger partial charge < -0.3 is 10.6 Å². The van der Waals surface area contributed by atoms with E-state index in [4.69, 9.17) is 5.73 Å². The van der Waals surface area contributed by atoms with Crippen LogP contribution >= 0.6 is 0 Å². The van der Waals surface area contributed by atoms with Crippen molar-refractivity contribution >= 4 is 11.7 Å². The summed E-state index contributed by atoms with van der Waals surface area (Å²) in [5.41, 5.74) is 5.84. The summed E-state index contributed by atoms with van der Waals surface area (Å²) in [4.78, 5) is 14.1. The molecule has 0 saturated heterocycles. The van der Waals surface area contributed by atoms with Crippen molar-refractivity contribution in [1.29, 1.82) is 0 Å². The third-order valence-corrected chi connectivity index (χ3v) is 3.60. The Hall–Kier alpha value is -1.65.